The van der Waals surface area contributed by atoms with E-state index in [1.54, 1.807) is 17.8 Å². The highest BCUT2D eigenvalue weighted by atomic mass is 16.5. The highest BCUT2D eigenvalue weighted by molar-refractivity contribution is 5.90. The Kier molecular flexibility index (Phi) is 8.86. The minimum atomic E-state index is -0.739. The Balaban J connectivity index is 1.27. The van der Waals surface area contributed by atoms with Crippen molar-refractivity contribution in [3.63, 3.8) is 0 Å². The van der Waals surface area contributed by atoms with Crippen LogP contribution in [0.15, 0.2) is 120 Å². The average molecular weight is 545 g/mol. The minimum absolute atomic E-state index is 0.359. The zero-order valence-corrected chi connectivity index (χ0v) is 23.1. The third kappa shape index (κ3) is 7.08. The monoisotopic (exact) mass is 544 g/mol. The lowest BCUT2D eigenvalue weighted by molar-refractivity contribution is -0.127. The lowest BCUT2D eigenvalue weighted by Crippen LogP contribution is -2.33. The standard InChI is InChI=1S/C34H32N4O3/c1-3-22-40-31-18-16-28(17-19-31)33-29(24-38(37-33)30-12-8-5-9-13-30)23-35-36-34(39)25(2)41-32-20-14-27(15-21-32)26-10-6-4-7-11-26/h4-21,23-25H,3,22H2,1-2H3,(H,36,39). The van der Waals surface area contributed by atoms with Crippen LogP contribution in [-0.4, -0.2) is 34.6 Å². The van der Waals surface area contributed by atoms with E-state index in [2.05, 4.69) is 29.6 Å². The van der Waals surface area contributed by atoms with Crippen LogP contribution >= 0.6 is 0 Å². The van der Waals surface area contributed by atoms with Gasteiger partial charge in [0.25, 0.3) is 5.91 Å². The predicted molar refractivity (Wildman–Crippen MR) is 162 cm³/mol. The molecule has 0 spiro atoms. The van der Waals surface area contributed by atoms with Crippen LogP contribution in [0.1, 0.15) is 25.8 Å². The number of aromatic nitrogens is 2. The molecule has 1 heterocycles. The van der Waals surface area contributed by atoms with Gasteiger partial charge in [0.1, 0.15) is 17.2 Å². The molecule has 0 saturated heterocycles. The number of rotatable bonds is 11. The molecular weight excluding hydrogens is 512 g/mol. The maximum atomic E-state index is 12.7. The van der Waals surface area contributed by atoms with E-state index in [1.807, 2.05) is 103 Å². The van der Waals surface area contributed by atoms with E-state index in [0.29, 0.717) is 12.4 Å². The Morgan fingerprint density at radius 3 is 2.15 bits per heavy atom. The largest absolute Gasteiger partial charge is 0.494 e. The van der Waals surface area contributed by atoms with Crippen molar-refractivity contribution in [3.05, 3.63) is 121 Å². The van der Waals surface area contributed by atoms with Gasteiger partial charge in [-0.25, -0.2) is 10.1 Å². The van der Waals surface area contributed by atoms with Crippen LogP contribution in [0.4, 0.5) is 0 Å². The highest BCUT2D eigenvalue weighted by Gasteiger charge is 2.15. The van der Waals surface area contributed by atoms with Crippen LogP contribution in [0.5, 0.6) is 11.5 Å². The summed E-state index contributed by atoms with van der Waals surface area (Å²) in [6.45, 7) is 4.43. The minimum Gasteiger partial charge on any atom is -0.494 e. The quantitative estimate of drug-likeness (QED) is 0.145. The molecule has 206 valence electrons. The fraction of sp³-hybridized carbons (Fsp3) is 0.147. The van der Waals surface area contributed by atoms with Gasteiger partial charge in [0, 0.05) is 17.3 Å². The average Bonchev–Trinajstić information content (AvgIpc) is 3.45. The van der Waals surface area contributed by atoms with Gasteiger partial charge in [-0.05, 0) is 73.0 Å². The van der Waals surface area contributed by atoms with Crippen molar-refractivity contribution in [3.8, 4) is 39.6 Å². The number of hydrogen-bond acceptors (Lipinski definition) is 5. The normalized spacial score (nSPS) is 11.8. The van der Waals surface area contributed by atoms with Gasteiger partial charge in [0.05, 0.1) is 18.5 Å². The summed E-state index contributed by atoms with van der Waals surface area (Å²) in [6.07, 6.45) is 3.69. The van der Waals surface area contributed by atoms with Crippen LogP contribution in [0.25, 0.3) is 28.1 Å². The smallest absolute Gasteiger partial charge is 0.280 e. The van der Waals surface area contributed by atoms with Gasteiger partial charge in [0.15, 0.2) is 6.10 Å². The molecule has 1 N–H and O–H groups in total. The molecule has 4 aromatic carbocycles. The highest BCUT2D eigenvalue weighted by Crippen LogP contribution is 2.26. The van der Waals surface area contributed by atoms with Crippen LogP contribution < -0.4 is 14.9 Å². The first-order chi connectivity index (χ1) is 20.1. The molecule has 0 aliphatic rings. The number of nitrogens with zero attached hydrogens (tertiary/aromatic N) is 3. The van der Waals surface area contributed by atoms with Gasteiger partial charge in [-0.3, -0.25) is 4.79 Å². The van der Waals surface area contributed by atoms with Gasteiger partial charge < -0.3 is 9.47 Å². The van der Waals surface area contributed by atoms with Crippen molar-refractivity contribution in [1.82, 2.24) is 15.2 Å². The summed E-state index contributed by atoms with van der Waals surface area (Å²) in [5.41, 5.74) is 8.11. The maximum Gasteiger partial charge on any atom is 0.280 e. The van der Waals surface area contributed by atoms with Gasteiger partial charge >= 0.3 is 0 Å². The molecule has 5 aromatic rings. The number of hydrogen-bond donors (Lipinski definition) is 1. The van der Waals surface area contributed by atoms with Crippen molar-refractivity contribution in [2.24, 2.45) is 5.10 Å². The van der Waals surface area contributed by atoms with Crippen molar-refractivity contribution in [2.75, 3.05) is 6.61 Å². The maximum absolute atomic E-state index is 12.7. The van der Waals surface area contributed by atoms with Crippen molar-refractivity contribution in [1.29, 1.82) is 0 Å². The Hall–Kier alpha value is -5.17. The molecule has 0 radical (unpaired) electrons. The number of benzene rings is 4. The summed E-state index contributed by atoms with van der Waals surface area (Å²) in [4.78, 5) is 12.7. The number of ether oxygens (including phenoxy) is 2. The fourth-order valence-corrected chi connectivity index (χ4v) is 4.22. The van der Waals surface area contributed by atoms with Gasteiger partial charge in [-0.2, -0.15) is 10.2 Å². The Bertz CT molecular complexity index is 1580. The molecule has 1 atom stereocenters. The third-order valence-corrected chi connectivity index (χ3v) is 6.39. The first-order valence-corrected chi connectivity index (χ1v) is 13.6. The summed E-state index contributed by atoms with van der Waals surface area (Å²) in [7, 11) is 0. The second kappa shape index (κ2) is 13.3. The lowest BCUT2D eigenvalue weighted by Gasteiger charge is -2.13. The van der Waals surface area contributed by atoms with Crippen LogP contribution in [0.2, 0.25) is 0 Å². The zero-order valence-electron chi connectivity index (χ0n) is 23.1. The fourth-order valence-electron chi connectivity index (χ4n) is 4.22. The second-order valence-electron chi connectivity index (χ2n) is 9.47. The molecule has 41 heavy (non-hydrogen) atoms. The topological polar surface area (TPSA) is 77.7 Å². The molecular formula is C34H32N4O3. The van der Waals surface area contributed by atoms with Crippen molar-refractivity contribution in [2.45, 2.75) is 26.4 Å². The summed E-state index contributed by atoms with van der Waals surface area (Å²) >= 11 is 0. The number of hydrazone groups is 1. The summed E-state index contributed by atoms with van der Waals surface area (Å²) in [5.74, 6) is 1.06. The van der Waals surface area contributed by atoms with E-state index >= 15 is 0 Å². The first-order valence-electron chi connectivity index (χ1n) is 13.6. The first kappa shape index (κ1) is 27.4. The predicted octanol–water partition coefficient (Wildman–Crippen LogP) is 6.91. The molecule has 0 bridgehead atoms. The molecule has 0 aliphatic heterocycles. The molecule has 1 amide bonds. The second-order valence-corrected chi connectivity index (χ2v) is 9.47. The van der Waals surface area contributed by atoms with E-state index in [9.17, 15) is 4.79 Å². The van der Waals surface area contributed by atoms with Gasteiger partial charge in [-0.1, -0.05) is 67.6 Å². The van der Waals surface area contributed by atoms with Gasteiger partial charge in [-0.15, -0.1) is 0 Å². The van der Waals surface area contributed by atoms with Crippen LogP contribution in [-0.2, 0) is 4.79 Å². The van der Waals surface area contributed by atoms with Crippen LogP contribution in [0.3, 0.4) is 0 Å². The Morgan fingerprint density at radius 1 is 0.854 bits per heavy atom. The molecule has 5 rings (SSSR count). The molecule has 1 aromatic heterocycles. The van der Waals surface area contributed by atoms with Crippen molar-refractivity contribution >= 4 is 12.1 Å². The van der Waals surface area contributed by atoms with E-state index in [-0.39, 0.29) is 5.91 Å². The number of carbonyl (C=O) groups is 1. The molecule has 0 aliphatic carbocycles. The zero-order chi connectivity index (χ0) is 28.4. The van der Waals surface area contributed by atoms with Crippen LogP contribution in [0, 0.1) is 0 Å². The van der Waals surface area contributed by atoms with E-state index in [0.717, 1.165) is 45.8 Å². The van der Waals surface area contributed by atoms with E-state index in [1.165, 1.54) is 0 Å². The molecule has 1 unspecified atom stereocenters. The molecule has 7 nitrogen and oxygen atoms in total. The van der Waals surface area contributed by atoms with Crippen molar-refractivity contribution < 1.29 is 14.3 Å². The van der Waals surface area contributed by atoms with E-state index < -0.39 is 6.10 Å². The Morgan fingerprint density at radius 2 is 1.46 bits per heavy atom. The summed E-state index contributed by atoms with van der Waals surface area (Å²) in [5, 5.41) is 9.03. The number of amides is 1. The molecule has 0 saturated carbocycles. The Labute approximate surface area is 240 Å². The molecule has 0 fully saturated rings. The third-order valence-electron chi connectivity index (χ3n) is 6.39. The lowest BCUT2D eigenvalue weighted by atomic mass is 10.1. The van der Waals surface area contributed by atoms with E-state index in [4.69, 9.17) is 14.6 Å². The summed E-state index contributed by atoms with van der Waals surface area (Å²) in [6, 6.07) is 35.4. The number of nitrogens with one attached hydrogen (secondary N) is 1. The number of carbonyl (C=O) groups excluding carboxylic acids is 1. The SMILES string of the molecule is CCCOc1ccc(-c2nn(-c3ccccc3)cc2C=NNC(=O)C(C)Oc2ccc(-c3ccccc3)cc2)cc1. The number of para-hydroxylation sites is 1. The summed E-state index contributed by atoms with van der Waals surface area (Å²) < 4.78 is 13.4. The molecule has 7 heteroatoms. The van der Waals surface area contributed by atoms with Gasteiger partial charge in [0.2, 0.25) is 0 Å².